The van der Waals surface area contributed by atoms with Crippen molar-refractivity contribution in [1.29, 1.82) is 0 Å². The maximum Gasteiger partial charge on any atom is 0.246 e. The molecule has 0 unspecified atom stereocenters. The lowest BCUT2D eigenvalue weighted by Gasteiger charge is -2.28. The van der Waals surface area contributed by atoms with Gasteiger partial charge in [-0.3, -0.25) is 9.48 Å². The molecule has 2 aliphatic heterocycles. The Bertz CT molecular complexity index is 980. The van der Waals surface area contributed by atoms with E-state index in [1.54, 1.807) is 17.8 Å². The topological polar surface area (TPSA) is 92.5 Å². The number of piperazine rings is 1. The minimum atomic E-state index is -2.93. The first kappa shape index (κ1) is 25.9. The predicted molar refractivity (Wildman–Crippen MR) is 136 cm³/mol. The van der Waals surface area contributed by atoms with E-state index >= 15 is 4.11 Å². The summed E-state index contributed by atoms with van der Waals surface area (Å²) < 4.78 is 23.6. The van der Waals surface area contributed by atoms with Crippen LogP contribution in [0.4, 0.5) is 9.80 Å². The van der Waals surface area contributed by atoms with Gasteiger partial charge in [0.25, 0.3) is 0 Å². The zero-order valence-electron chi connectivity index (χ0n) is 21.0. The van der Waals surface area contributed by atoms with Crippen LogP contribution in [0.15, 0.2) is 30.5 Å². The molecule has 2 N–H and O–H groups in total. The van der Waals surface area contributed by atoms with Gasteiger partial charge in [-0.25, -0.2) is 0 Å². The molecule has 4 rings (SSSR count). The predicted octanol–water partition coefficient (Wildman–Crippen LogP) is 2.72. The van der Waals surface area contributed by atoms with Crippen molar-refractivity contribution in [3.05, 3.63) is 41.7 Å². The van der Waals surface area contributed by atoms with Crippen molar-refractivity contribution in [2.45, 2.75) is 70.0 Å². The van der Waals surface area contributed by atoms with Crippen LogP contribution in [0.3, 0.4) is 0 Å². The molecular weight excluding hydrogens is 465 g/mol. The molecule has 10 heteroatoms. The molecule has 1 aromatic heterocycles. The van der Waals surface area contributed by atoms with E-state index in [-0.39, 0.29) is 36.2 Å². The Hall–Kier alpha value is -2.14. The third kappa shape index (κ3) is 6.35. The van der Waals surface area contributed by atoms with Gasteiger partial charge in [-0.05, 0) is 56.0 Å². The second-order valence-electron chi connectivity index (χ2n) is 10.3. The normalized spacial score (nSPS) is 25.4. The fourth-order valence-electron chi connectivity index (χ4n) is 5.62. The molecule has 1 amide bonds. The third-order valence-electron chi connectivity index (χ3n) is 7.35. The molecule has 0 spiro atoms. The second-order valence-corrected chi connectivity index (χ2v) is 14.1. The van der Waals surface area contributed by atoms with Crippen molar-refractivity contribution in [2.24, 2.45) is 5.92 Å². The number of anilines is 1. The summed E-state index contributed by atoms with van der Waals surface area (Å²) in [5, 5.41) is 20.4. The fourth-order valence-corrected chi connectivity index (χ4v) is 8.21. The van der Waals surface area contributed by atoms with Crippen LogP contribution < -0.4 is 10.2 Å². The zero-order valence-corrected chi connectivity index (χ0v) is 22.0. The molecule has 2 saturated heterocycles. The number of aliphatic hydroxyl groups is 1. The van der Waals surface area contributed by atoms with E-state index < -0.39 is 8.41 Å². The van der Waals surface area contributed by atoms with Crippen molar-refractivity contribution in [2.75, 3.05) is 31.1 Å². The summed E-state index contributed by atoms with van der Waals surface area (Å²) in [6.45, 7) is 8.26. The Morgan fingerprint density at radius 3 is 2.66 bits per heavy atom. The molecule has 3 heterocycles. The van der Waals surface area contributed by atoms with Crippen LogP contribution in [-0.2, 0) is 28.9 Å². The first-order chi connectivity index (χ1) is 16.8. The Morgan fingerprint density at radius 1 is 1.20 bits per heavy atom. The monoisotopic (exact) mass is 503 g/mol. The number of ether oxygens (including phenoxy) is 1. The molecule has 4 atom stereocenters. The van der Waals surface area contributed by atoms with Gasteiger partial charge in [0, 0.05) is 50.1 Å². The number of aromatic nitrogens is 3. The molecule has 2 aliphatic rings. The van der Waals surface area contributed by atoms with Gasteiger partial charge in [0.05, 0.1) is 24.4 Å². The van der Waals surface area contributed by atoms with Crippen molar-refractivity contribution in [3.8, 4) is 0 Å². The molecule has 35 heavy (non-hydrogen) atoms. The number of hydrogen-bond donors (Lipinski definition) is 2. The van der Waals surface area contributed by atoms with Gasteiger partial charge in [-0.1, -0.05) is 24.3 Å². The average molecular weight is 504 g/mol. The molecule has 0 aliphatic carbocycles. The lowest BCUT2D eigenvalue weighted by atomic mass is 9.95. The molecular formula is C25H38FN5O3Si. The number of aliphatic hydroxyl groups excluding tert-OH is 1. The highest BCUT2D eigenvalue weighted by molar-refractivity contribution is 6.72. The molecule has 0 radical (unpaired) electrons. The lowest BCUT2D eigenvalue weighted by molar-refractivity contribution is -0.118. The summed E-state index contributed by atoms with van der Waals surface area (Å²) in [6.07, 6.45) is 4.60. The summed E-state index contributed by atoms with van der Waals surface area (Å²) in [5.74, 6) is 0.257. The largest absolute Gasteiger partial charge is 0.396 e. The number of carbonyl (C=O) groups is 1. The van der Waals surface area contributed by atoms with E-state index in [2.05, 4.69) is 34.7 Å². The van der Waals surface area contributed by atoms with Crippen molar-refractivity contribution in [3.63, 3.8) is 0 Å². The summed E-state index contributed by atoms with van der Waals surface area (Å²) >= 11 is 0. The Labute approximate surface area is 208 Å². The van der Waals surface area contributed by atoms with Crippen molar-refractivity contribution in [1.82, 2.24) is 20.3 Å². The third-order valence-corrected chi connectivity index (χ3v) is 9.83. The van der Waals surface area contributed by atoms with E-state index in [0.29, 0.717) is 32.5 Å². The van der Waals surface area contributed by atoms with Crippen LogP contribution >= 0.6 is 0 Å². The first-order valence-corrected chi connectivity index (χ1v) is 15.7. The van der Waals surface area contributed by atoms with Crippen LogP contribution in [0.1, 0.15) is 31.0 Å². The van der Waals surface area contributed by atoms with Gasteiger partial charge in [0.15, 0.2) is 0 Å². The second kappa shape index (κ2) is 11.3. The average Bonchev–Trinajstić information content (AvgIpc) is 3.40. The van der Waals surface area contributed by atoms with Crippen LogP contribution in [-0.4, -0.2) is 72.9 Å². The van der Waals surface area contributed by atoms with E-state index in [4.69, 9.17) is 9.84 Å². The number of nitrogens with zero attached hydrogens (tertiary/aromatic N) is 4. The number of amides is 1. The molecule has 8 nitrogen and oxygen atoms in total. The summed E-state index contributed by atoms with van der Waals surface area (Å²) in [6, 6.07) is 8.21. The Balaban J connectivity index is 1.35. The first-order valence-electron chi connectivity index (χ1n) is 12.7. The SMILES string of the molecule is C[C@H]1[C@H]([Si](C)(C)F)[C@@H](CCn2cc(CCO)nn2)O[C@H]1CCc1ccc(N2CCNCC2=O)cc1. The number of rotatable bonds is 10. The summed E-state index contributed by atoms with van der Waals surface area (Å²) in [4.78, 5) is 14.0. The number of carbonyl (C=O) groups excluding carboxylic acids is 1. The Morgan fingerprint density at radius 2 is 1.97 bits per heavy atom. The minimum Gasteiger partial charge on any atom is -0.396 e. The molecule has 0 saturated carbocycles. The molecule has 192 valence electrons. The number of halogens is 1. The van der Waals surface area contributed by atoms with Gasteiger partial charge < -0.3 is 24.2 Å². The number of benzene rings is 1. The van der Waals surface area contributed by atoms with E-state index in [1.807, 2.05) is 23.2 Å². The summed E-state index contributed by atoms with van der Waals surface area (Å²) in [7, 11) is -2.93. The lowest BCUT2D eigenvalue weighted by Crippen LogP contribution is -2.48. The van der Waals surface area contributed by atoms with Crippen molar-refractivity contribution >= 4 is 20.0 Å². The van der Waals surface area contributed by atoms with E-state index in [9.17, 15) is 4.79 Å². The summed E-state index contributed by atoms with van der Waals surface area (Å²) in [5.41, 5.74) is 2.83. The van der Waals surface area contributed by atoms with Crippen LogP contribution in [0.5, 0.6) is 0 Å². The van der Waals surface area contributed by atoms with Crippen molar-refractivity contribution < 1.29 is 18.7 Å². The highest BCUT2D eigenvalue weighted by atomic mass is 28.4. The molecule has 0 bridgehead atoms. The number of hydrogen-bond acceptors (Lipinski definition) is 6. The van der Waals surface area contributed by atoms with E-state index in [0.717, 1.165) is 30.8 Å². The van der Waals surface area contributed by atoms with Crippen LogP contribution in [0.25, 0.3) is 0 Å². The quantitative estimate of drug-likeness (QED) is 0.383. The maximum atomic E-state index is 15.4. The Kier molecular flexibility index (Phi) is 8.36. The van der Waals surface area contributed by atoms with Gasteiger partial charge in [0.1, 0.15) is 0 Å². The number of nitrogens with one attached hydrogen (secondary N) is 1. The number of aryl methyl sites for hydroxylation is 2. The molecule has 2 fully saturated rings. The highest BCUT2D eigenvalue weighted by Crippen LogP contribution is 2.47. The maximum absolute atomic E-state index is 15.4. The van der Waals surface area contributed by atoms with Crippen LogP contribution in [0, 0.1) is 5.92 Å². The molecule has 1 aromatic carbocycles. The van der Waals surface area contributed by atoms with Gasteiger partial charge in [-0.2, -0.15) is 0 Å². The zero-order chi connectivity index (χ0) is 25.0. The highest BCUT2D eigenvalue weighted by Gasteiger charge is 2.50. The van der Waals surface area contributed by atoms with Gasteiger partial charge >= 0.3 is 0 Å². The van der Waals surface area contributed by atoms with Gasteiger partial charge in [0.2, 0.25) is 14.3 Å². The van der Waals surface area contributed by atoms with Gasteiger partial charge in [-0.15, -0.1) is 5.10 Å². The fraction of sp³-hybridized carbons (Fsp3) is 0.640. The smallest absolute Gasteiger partial charge is 0.246 e. The van der Waals surface area contributed by atoms with E-state index in [1.165, 1.54) is 5.56 Å². The van der Waals surface area contributed by atoms with Crippen LogP contribution in [0.2, 0.25) is 18.6 Å². The minimum absolute atomic E-state index is 0.0163. The standard InChI is InChI=1S/C25H38FN5O3Si/c1-18-22(9-6-19-4-7-21(8-5-19)31-14-12-27-16-24(31)33)34-23(25(18)35(2,3)26)10-13-30-17-20(11-15-32)28-29-30/h4-5,7-8,17-18,22-23,25,27,32H,6,9-16H2,1-3H3/t18-,22+,23-,25+/m1/s1. The molecule has 2 aromatic rings.